The molecular formula is C14H22O4. The third kappa shape index (κ3) is 4.61. The molecule has 4 nitrogen and oxygen atoms in total. The van der Waals surface area contributed by atoms with Crippen LogP contribution < -0.4 is 0 Å². The standard InChI is InChI=1S/C14H22O4/c1-10(15)7-5-3-4-6-8-13(16)12-9-18-14(17)11(12)2/h12-13,16H,2-9H2,1H3/t12-,13+/m1/s1. The van der Waals surface area contributed by atoms with Crippen molar-refractivity contribution in [3.8, 4) is 0 Å². The van der Waals surface area contributed by atoms with Gasteiger partial charge in [-0.25, -0.2) is 4.79 Å². The van der Waals surface area contributed by atoms with E-state index in [1.54, 1.807) is 6.92 Å². The first-order valence-electron chi connectivity index (χ1n) is 6.55. The SMILES string of the molecule is C=C1C(=O)OC[C@H]1[C@@H](O)CCCCCCC(C)=O. The molecule has 1 saturated heterocycles. The van der Waals surface area contributed by atoms with E-state index in [1.807, 2.05) is 0 Å². The summed E-state index contributed by atoms with van der Waals surface area (Å²) in [7, 11) is 0. The Morgan fingerprint density at radius 3 is 2.67 bits per heavy atom. The lowest BCUT2D eigenvalue weighted by molar-refractivity contribution is -0.135. The van der Waals surface area contributed by atoms with Crippen LogP contribution in [0.4, 0.5) is 0 Å². The normalized spacial score (nSPS) is 20.9. The number of carbonyl (C=O) groups is 2. The zero-order valence-corrected chi connectivity index (χ0v) is 11.0. The highest BCUT2D eigenvalue weighted by molar-refractivity contribution is 5.90. The Morgan fingerprint density at radius 1 is 1.44 bits per heavy atom. The van der Waals surface area contributed by atoms with Gasteiger partial charge in [-0.15, -0.1) is 0 Å². The second kappa shape index (κ2) is 7.31. The lowest BCUT2D eigenvalue weighted by Gasteiger charge is -2.15. The minimum Gasteiger partial charge on any atom is -0.462 e. The molecule has 0 aromatic rings. The summed E-state index contributed by atoms with van der Waals surface area (Å²) >= 11 is 0. The molecule has 1 heterocycles. The van der Waals surface area contributed by atoms with E-state index in [9.17, 15) is 14.7 Å². The highest BCUT2D eigenvalue weighted by atomic mass is 16.5. The molecule has 0 aliphatic carbocycles. The van der Waals surface area contributed by atoms with Gasteiger partial charge >= 0.3 is 5.97 Å². The summed E-state index contributed by atoms with van der Waals surface area (Å²) in [6.45, 7) is 5.50. The van der Waals surface area contributed by atoms with Crippen LogP contribution in [0, 0.1) is 5.92 Å². The van der Waals surface area contributed by atoms with E-state index in [0.717, 1.165) is 25.7 Å². The number of esters is 1. The van der Waals surface area contributed by atoms with E-state index >= 15 is 0 Å². The fraction of sp³-hybridized carbons (Fsp3) is 0.714. The van der Waals surface area contributed by atoms with Crippen LogP contribution in [0.15, 0.2) is 12.2 Å². The second-order valence-electron chi connectivity index (χ2n) is 4.95. The van der Waals surface area contributed by atoms with Gasteiger partial charge in [-0.2, -0.15) is 0 Å². The van der Waals surface area contributed by atoms with Gasteiger partial charge in [0.15, 0.2) is 0 Å². The van der Waals surface area contributed by atoms with Crippen molar-refractivity contribution < 1.29 is 19.4 Å². The molecule has 1 N–H and O–H groups in total. The van der Waals surface area contributed by atoms with Crippen molar-refractivity contribution in [1.82, 2.24) is 0 Å². The summed E-state index contributed by atoms with van der Waals surface area (Å²) in [4.78, 5) is 21.8. The molecule has 1 rings (SSSR count). The molecule has 0 saturated carbocycles. The van der Waals surface area contributed by atoms with Crippen molar-refractivity contribution in [1.29, 1.82) is 0 Å². The minimum absolute atomic E-state index is 0.230. The Kier molecular flexibility index (Phi) is 6.05. The van der Waals surface area contributed by atoms with E-state index in [0.29, 0.717) is 18.4 Å². The smallest absolute Gasteiger partial charge is 0.333 e. The summed E-state index contributed by atoms with van der Waals surface area (Å²) in [6, 6.07) is 0. The predicted molar refractivity (Wildman–Crippen MR) is 68.0 cm³/mol. The third-order valence-corrected chi connectivity index (χ3v) is 3.35. The molecule has 18 heavy (non-hydrogen) atoms. The number of unbranched alkanes of at least 4 members (excludes halogenated alkanes) is 3. The number of cyclic esters (lactones) is 1. The zero-order chi connectivity index (χ0) is 13.5. The van der Waals surface area contributed by atoms with E-state index < -0.39 is 6.10 Å². The first kappa shape index (κ1) is 14.9. The van der Waals surface area contributed by atoms with Gasteiger partial charge in [-0.3, -0.25) is 0 Å². The average Bonchev–Trinajstić information content (AvgIpc) is 2.64. The van der Waals surface area contributed by atoms with Crippen LogP contribution in [0.3, 0.4) is 0 Å². The summed E-state index contributed by atoms with van der Waals surface area (Å²) in [6.07, 6.45) is 4.58. The number of aliphatic hydroxyl groups is 1. The van der Waals surface area contributed by atoms with Gasteiger partial charge in [0, 0.05) is 12.0 Å². The number of carbonyl (C=O) groups excluding carboxylic acids is 2. The predicted octanol–water partition coefficient (Wildman–Crippen LogP) is 2.01. The van der Waals surface area contributed by atoms with Crippen molar-refractivity contribution in [3.63, 3.8) is 0 Å². The van der Waals surface area contributed by atoms with Gasteiger partial charge in [0.25, 0.3) is 0 Å². The lowest BCUT2D eigenvalue weighted by atomic mass is 9.93. The van der Waals surface area contributed by atoms with Crippen LogP contribution in [-0.2, 0) is 14.3 Å². The van der Waals surface area contributed by atoms with Crippen LogP contribution in [0.2, 0.25) is 0 Å². The molecule has 0 aromatic carbocycles. The number of rotatable bonds is 8. The quantitative estimate of drug-likeness (QED) is 0.409. The second-order valence-corrected chi connectivity index (χ2v) is 4.95. The summed E-state index contributed by atoms with van der Waals surface area (Å²) in [5.41, 5.74) is 0.388. The van der Waals surface area contributed by atoms with Crippen molar-refractivity contribution in [2.24, 2.45) is 5.92 Å². The van der Waals surface area contributed by atoms with E-state index in [2.05, 4.69) is 6.58 Å². The maximum atomic E-state index is 11.1. The third-order valence-electron chi connectivity index (χ3n) is 3.35. The van der Waals surface area contributed by atoms with Crippen LogP contribution in [-0.4, -0.2) is 29.6 Å². The maximum absolute atomic E-state index is 11.1. The Bertz CT molecular complexity index is 322. The zero-order valence-electron chi connectivity index (χ0n) is 11.0. The van der Waals surface area contributed by atoms with Crippen LogP contribution >= 0.6 is 0 Å². The number of ketones is 1. The Balaban J connectivity index is 2.10. The summed E-state index contributed by atoms with van der Waals surface area (Å²) in [5, 5.41) is 9.93. The van der Waals surface area contributed by atoms with Gasteiger partial charge < -0.3 is 14.6 Å². The molecule has 0 radical (unpaired) electrons. The largest absolute Gasteiger partial charge is 0.462 e. The van der Waals surface area contributed by atoms with Gasteiger partial charge in [-0.05, 0) is 19.8 Å². The fourth-order valence-electron chi connectivity index (χ4n) is 2.14. The van der Waals surface area contributed by atoms with Crippen molar-refractivity contribution >= 4 is 11.8 Å². The molecule has 1 fully saturated rings. The number of aliphatic hydroxyl groups excluding tert-OH is 1. The molecule has 0 amide bonds. The monoisotopic (exact) mass is 254 g/mol. The molecule has 0 aromatic heterocycles. The van der Waals surface area contributed by atoms with Gasteiger partial charge in [-0.1, -0.05) is 25.8 Å². The molecule has 0 unspecified atom stereocenters. The minimum atomic E-state index is -0.545. The van der Waals surface area contributed by atoms with E-state index in [4.69, 9.17) is 4.74 Å². The maximum Gasteiger partial charge on any atom is 0.333 e. The van der Waals surface area contributed by atoms with Crippen LogP contribution in [0.1, 0.15) is 45.4 Å². The van der Waals surface area contributed by atoms with Gasteiger partial charge in [0.05, 0.1) is 12.0 Å². The highest BCUT2D eigenvalue weighted by Crippen LogP contribution is 2.25. The van der Waals surface area contributed by atoms with Gasteiger partial charge in [0.1, 0.15) is 12.4 Å². The summed E-state index contributed by atoms with van der Waals surface area (Å²) < 4.78 is 4.83. The first-order chi connectivity index (χ1) is 8.52. The average molecular weight is 254 g/mol. The highest BCUT2D eigenvalue weighted by Gasteiger charge is 2.33. The first-order valence-corrected chi connectivity index (χ1v) is 6.55. The molecule has 1 aliphatic heterocycles. The fourth-order valence-corrected chi connectivity index (χ4v) is 2.14. The molecule has 0 spiro atoms. The Morgan fingerprint density at radius 2 is 2.11 bits per heavy atom. The number of ether oxygens (including phenoxy) is 1. The lowest BCUT2D eigenvalue weighted by Crippen LogP contribution is -2.22. The molecule has 102 valence electrons. The topological polar surface area (TPSA) is 63.6 Å². The summed E-state index contributed by atoms with van der Waals surface area (Å²) in [5.74, 6) is -0.400. The molecule has 2 atom stereocenters. The van der Waals surface area contributed by atoms with Crippen molar-refractivity contribution in [3.05, 3.63) is 12.2 Å². The molecule has 0 bridgehead atoms. The number of hydrogen-bond acceptors (Lipinski definition) is 4. The van der Waals surface area contributed by atoms with E-state index in [-0.39, 0.29) is 24.3 Å². The Hall–Kier alpha value is -1.16. The van der Waals surface area contributed by atoms with E-state index in [1.165, 1.54) is 0 Å². The molecular weight excluding hydrogens is 232 g/mol. The number of hydrogen-bond donors (Lipinski definition) is 1. The molecule has 1 aliphatic rings. The van der Waals surface area contributed by atoms with Crippen LogP contribution in [0.25, 0.3) is 0 Å². The van der Waals surface area contributed by atoms with Gasteiger partial charge in [0.2, 0.25) is 0 Å². The molecule has 4 heteroatoms. The number of Topliss-reactive ketones (excluding diaryl/α,β-unsaturated/α-hetero) is 1. The Labute approximate surface area is 108 Å². The van der Waals surface area contributed by atoms with Crippen molar-refractivity contribution in [2.75, 3.05) is 6.61 Å². The van der Waals surface area contributed by atoms with Crippen molar-refractivity contribution in [2.45, 2.75) is 51.6 Å². The van der Waals surface area contributed by atoms with Crippen LogP contribution in [0.5, 0.6) is 0 Å².